The lowest BCUT2D eigenvalue weighted by atomic mass is 9.91. The molecular formula is C13H21NO5. The van der Waals surface area contributed by atoms with E-state index in [1.54, 1.807) is 13.8 Å². The van der Waals surface area contributed by atoms with Crippen LogP contribution in [0.4, 0.5) is 0 Å². The van der Waals surface area contributed by atoms with Crippen LogP contribution in [0.25, 0.3) is 0 Å². The molecule has 1 heterocycles. The summed E-state index contributed by atoms with van der Waals surface area (Å²) in [6.07, 6.45) is 1.09. The van der Waals surface area contributed by atoms with Crippen molar-refractivity contribution in [2.75, 3.05) is 26.7 Å². The number of methoxy groups -OCH3 is 1. The number of esters is 1. The number of carbonyl (C=O) groups excluding carboxylic acids is 1. The Bertz CT molecular complexity index is 388. The summed E-state index contributed by atoms with van der Waals surface area (Å²) in [4.78, 5) is 24.1. The van der Waals surface area contributed by atoms with Crippen LogP contribution in [-0.4, -0.2) is 59.9 Å². The van der Waals surface area contributed by atoms with Gasteiger partial charge in [-0.2, -0.15) is 0 Å². The summed E-state index contributed by atoms with van der Waals surface area (Å²) in [5.41, 5.74) is -0.222. The second kappa shape index (κ2) is 6.16. The maximum Gasteiger partial charge on any atom is 0.330 e. The predicted molar refractivity (Wildman–Crippen MR) is 68.6 cm³/mol. The summed E-state index contributed by atoms with van der Waals surface area (Å²) in [5, 5.41) is 19.0. The molecule has 1 saturated heterocycles. The number of aliphatic hydroxyl groups is 1. The van der Waals surface area contributed by atoms with Crippen molar-refractivity contribution in [1.29, 1.82) is 0 Å². The molecule has 2 N–H and O–H groups in total. The first-order valence-corrected chi connectivity index (χ1v) is 6.18. The number of piperidine rings is 1. The van der Waals surface area contributed by atoms with Gasteiger partial charge in [-0.05, 0) is 25.8 Å². The van der Waals surface area contributed by atoms with Gasteiger partial charge in [-0.25, -0.2) is 4.79 Å². The maximum atomic E-state index is 11.1. The molecule has 1 unspecified atom stereocenters. The molecule has 6 heteroatoms. The Morgan fingerprint density at radius 2 is 2.16 bits per heavy atom. The van der Waals surface area contributed by atoms with Gasteiger partial charge in [0.05, 0.1) is 18.6 Å². The molecule has 1 atom stereocenters. The number of aliphatic carboxylic acids is 1. The first-order valence-electron chi connectivity index (χ1n) is 6.18. The van der Waals surface area contributed by atoms with E-state index in [1.165, 1.54) is 13.2 Å². The van der Waals surface area contributed by atoms with Gasteiger partial charge in [0.1, 0.15) is 0 Å². The van der Waals surface area contributed by atoms with Crippen LogP contribution < -0.4 is 0 Å². The van der Waals surface area contributed by atoms with Gasteiger partial charge in [-0.15, -0.1) is 0 Å². The van der Waals surface area contributed by atoms with Crippen LogP contribution in [0.15, 0.2) is 11.6 Å². The molecule has 19 heavy (non-hydrogen) atoms. The van der Waals surface area contributed by atoms with Crippen LogP contribution in [0.3, 0.4) is 0 Å². The summed E-state index contributed by atoms with van der Waals surface area (Å²) < 4.78 is 4.52. The normalized spacial score (nSPS) is 23.4. The lowest BCUT2D eigenvalue weighted by Crippen LogP contribution is -2.46. The molecule has 0 bridgehead atoms. The highest BCUT2D eigenvalue weighted by Crippen LogP contribution is 2.23. The fourth-order valence-corrected chi connectivity index (χ4v) is 2.06. The number of carboxylic acid groups (broad SMARTS) is 1. The standard InChI is InChI=1S/C13H21NO5/c1-13(2,12(17)18)8-14-5-4-9(10(15)7-14)6-11(16)19-3/h6,10,15H,4-5,7-8H2,1-3H3,(H,17,18). The summed E-state index contributed by atoms with van der Waals surface area (Å²) >= 11 is 0. The van der Waals surface area contributed by atoms with Crippen molar-refractivity contribution in [3.63, 3.8) is 0 Å². The third-order valence-electron chi connectivity index (χ3n) is 3.28. The highest BCUT2D eigenvalue weighted by atomic mass is 16.5. The molecule has 6 nitrogen and oxygen atoms in total. The van der Waals surface area contributed by atoms with Crippen molar-refractivity contribution in [3.05, 3.63) is 11.6 Å². The van der Waals surface area contributed by atoms with E-state index in [0.29, 0.717) is 31.6 Å². The van der Waals surface area contributed by atoms with Crippen LogP contribution >= 0.6 is 0 Å². The van der Waals surface area contributed by atoms with Gasteiger partial charge < -0.3 is 14.9 Å². The van der Waals surface area contributed by atoms with E-state index in [2.05, 4.69) is 4.74 Å². The van der Waals surface area contributed by atoms with E-state index in [1.807, 2.05) is 4.90 Å². The average Bonchev–Trinajstić information content (AvgIpc) is 2.31. The number of β-amino-alcohol motifs (C(OH)–C–C–N with tert-alkyl or cyclic N) is 1. The van der Waals surface area contributed by atoms with Crippen LogP contribution in [0.1, 0.15) is 20.3 Å². The molecule has 0 aromatic carbocycles. The Kier molecular flexibility index (Phi) is 5.08. The molecule has 0 aromatic rings. The molecule has 0 aliphatic carbocycles. The number of carboxylic acids is 1. The van der Waals surface area contributed by atoms with Gasteiger partial charge in [-0.3, -0.25) is 9.69 Å². The number of carbonyl (C=O) groups is 2. The molecule has 1 fully saturated rings. The SMILES string of the molecule is COC(=O)C=C1CCN(CC(C)(C)C(=O)O)CC1O. The highest BCUT2D eigenvalue weighted by Gasteiger charge is 2.32. The van der Waals surface area contributed by atoms with E-state index < -0.39 is 23.5 Å². The van der Waals surface area contributed by atoms with E-state index in [-0.39, 0.29) is 0 Å². The molecule has 108 valence electrons. The van der Waals surface area contributed by atoms with E-state index in [4.69, 9.17) is 5.11 Å². The van der Waals surface area contributed by atoms with Gasteiger partial charge >= 0.3 is 11.9 Å². The number of hydrogen-bond acceptors (Lipinski definition) is 5. The average molecular weight is 271 g/mol. The highest BCUT2D eigenvalue weighted by molar-refractivity contribution is 5.82. The maximum absolute atomic E-state index is 11.1. The van der Waals surface area contributed by atoms with Gasteiger partial charge in [0.15, 0.2) is 0 Å². The lowest BCUT2D eigenvalue weighted by Gasteiger charge is -2.35. The van der Waals surface area contributed by atoms with Crippen molar-refractivity contribution >= 4 is 11.9 Å². The van der Waals surface area contributed by atoms with Gasteiger partial charge in [0.25, 0.3) is 0 Å². The topological polar surface area (TPSA) is 87.1 Å². The monoisotopic (exact) mass is 271 g/mol. The number of aliphatic hydroxyl groups excluding tert-OH is 1. The predicted octanol–water partition coefficient (Wildman–Crippen LogP) is 0.263. The largest absolute Gasteiger partial charge is 0.481 e. The van der Waals surface area contributed by atoms with Crippen molar-refractivity contribution in [2.24, 2.45) is 5.41 Å². The van der Waals surface area contributed by atoms with Crippen molar-refractivity contribution < 1.29 is 24.5 Å². The minimum Gasteiger partial charge on any atom is -0.481 e. The quantitative estimate of drug-likeness (QED) is 0.563. The summed E-state index contributed by atoms with van der Waals surface area (Å²) in [7, 11) is 1.29. The van der Waals surface area contributed by atoms with Crippen LogP contribution in [0.2, 0.25) is 0 Å². The third kappa shape index (κ3) is 4.33. The van der Waals surface area contributed by atoms with Gasteiger partial charge in [0, 0.05) is 25.7 Å². The summed E-state index contributed by atoms with van der Waals surface area (Å²) in [5.74, 6) is -1.34. The molecule has 1 aliphatic rings. The van der Waals surface area contributed by atoms with E-state index in [0.717, 1.165) is 0 Å². The van der Waals surface area contributed by atoms with Crippen molar-refractivity contribution in [2.45, 2.75) is 26.4 Å². The van der Waals surface area contributed by atoms with Crippen molar-refractivity contribution in [3.8, 4) is 0 Å². The molecule has 0 radical (unpaired) electrons. The Morgan fingerprint density at radius 1 is 1.53 bits per heavy atom. The Balaban J connectivity index is 2.62. The van der Waals surface area contributed by atoms with Crippen molar-refractivity contribution in [1.82, 2.24) is 4.90 Å². The summed E-state index contributed by atoms with van der Waals surface area (Å²) in [6.45, 7) is 4.63. The summed E-state index contributed by atoms with van der Waals surface area (Å²) in [6, 6.07) is 0. The molecule has 0 amide bonds. The second-order valence-corrected chi connectivity index (χ2v) is 5.43. The minimum atomic E-state index is -0.863. The smallest absolute Gasteiger partial charge is 0.330 e. The van der Waals surface area contributed by atoms with Gasteiger partial charge in [-0.1, -0.05) is 0 Å². The van der Waals surface area contributed by atoms with E-state index >= 15 is 0 Å². The van der Waals surface area contributed by atoms with Gasteiger partial charge in [0.2, 0.25) is 0 Å². The zero-order valence-electron chi connectivity index (χ0n) is 11.5. The molecule has 1 rings (SSSR count). The number of ether oxygens (including phenoxy) is 1. The number of nitrogens with zero attached hydrogens (tertiary/aromatic N) is 1. The van der Waals surface area contributed by atoms with Crippen LogP contribution in [0, 0.1) is 5.41 Å². The van der Waals surface area contributed by atoms with Crippen LogP contribution in [0.5, 0.6) is 0 Å². The molecule has 0 saturated carbocycles. The first-order chi connectivity index (χ1) is 8.76. The Morgan fingerprint density at radius 3 is 2.63 bits per heavy atom. The molecule has 0 spiro atoms. The number of hydrogen-bond donors (Lipinski definition) is 2. The van der Waals surface area contributed by atoms with Crippen LogP contribution in [-0.2, 0) is 14.3 Å². The number of rotatable bonds is 4. The lowest BCUT2D eigenvalue weighted by molar-refractivity contribution is -0.148. The third-order valence-corrected chi connectivity index (χ3v) is 3.28. The fourth-order valence-electron chi connectivity index (χ4n) is 2.06. The van der Waals surface area contributed by atoms with E-state index in [9.17, 15) is 14.7 Å². The molecule has 1 aliphatic heterocycles. The zero-order chi connectivity index (χ0) is 14.6. The molecular weight excluding hydrogens is 250 g/mol. The zero-order valence-corrected chi connectivity index (χ0v) is 11.5. The number of likely N-dealkylation sites (tertiary alicyclic amines) is 1. The second-order valence-electron chi connectivity index (χ2n) is 5.43. The molecule has 0 aromatic heterocycles. The Labute approximate surface area is 112 Å². The minimum absolute atomic E-state index is 0.333. The fraction of sp³-hybridized carbons (Fsp3) is 0.692. The first kappa shape index (κ1) is 15.7. The Hall–Kier alpha value is -1.40.